The summed E-state index contributed by atoms with van der Waals surface area (Å²) < 4.78 is 10.6. The SMILES string of the molecule is C#CCOc1c(Cl)cc(/C=C(/C#N)C(=O)NC2CCCC2)cc1OC. The van der Waals surface area contributed by atoms with E-state index in [1.807, 2.05) is 6.07 Å². The van der Waals surface area contributed by atoms with Crippen molar-refractivity contribution in [2.75, 3.05) is 13.7 Å². The fourth-order valence-corrected chi connectivity index (χ4v) is 3.00. The van der Waals surface area contributed by atoms with E-state index in [0.717, 1.165) is 25.7 Å². The van der Waals surface area contributed by atoms with Gasteiger partial charge in [0.05, 0.1) is 12.1 Å². The van der Waals surface area contributed by atoms with E-state index in [4.69, 9.17) is 27.5 Å². The molecule has 0 bridgehead atoms. The first-order chi connectivity index (χ1) is 12.1. The Kier molecular flexibility index (Phi) is 6.74. The van der Waals surface area contributed by atoms with Crippen LogP contribution >= 0.6 is 11.6 Å². The van der Waals surface area contributed by atoms with Crippen LogP contribution in [-0.2, 0) is 4.79 Å². The summed E-state index contributed by atoms with van der Waals surface area (Å²) in [4.78, 5) is 12.3. The summed E-state index contributed by atoms with van der Waals surface area (Å²) in [6.45, 7) is 0.0541. The maximum atomic E-state index is 12.3. The molecule has 1 amide bonds. The molecule has 25 heavy (non-hydrogen) atoms. The molecule has 1 fully saturated rings. The fraction of sp³-hybridized carbons (Fsp3) is 0.368. The second-order valence-corrected chi connectivity index (χ2v) is 6.06. The largest absolute Gasteiger partial charge is 0.493 e. The molecule has 0 heterocycles. The predicted octanol–water partition coefficient (Wildman–Crippen LogP) is 3.33. The van der Waals surface area contributed by atoms with Gasteiger partial charge in [-0.1, -0.05) is 30.4 Å². The van der Waals surface area contributed by atoms with Crippen LogP contribution in [0.2, 0.25) is 5.02 Å². The summed E-state index contributed by atoms with van der Waals surface area (Å²) in [5.41, 5.74) is 0.579. The van der Waals surface area contributed by atoms with Crippen molar-refractivity contribution in [1.82, 2.24) is 5.32 Å². The van der Waals surface area contributed by atoms with E-state index in [2.05, 4.69) is 11.2 Å². The van der Waals surface area contributed by atoms with Crippen LogP contribution in [0.15, 0.2) is 17.7 Å². The number of nitrogens with one attached hydrogen (secondary N) is 1. The Morgan fingerprint density at radius 1 is 1.48 bits per heavy atom. The Morgan fingerprint density at radius 2 is 2.20 bits per heavy atom. The van der Waals surface area contributed by atoms with Crippen molar-refractivity contribution >= 4 is 23.6 Å². The summed E-state index contributed by atoms with van der Waals surface area (Å²) in [5.74, 6) is 2.68. The number of ether oxygens (including phenoxy) is 2. The number of rotatable bonds is 6. The molecule has 1 aromatic carbocycles. The predicted molar refractivity (Wildman–Crippen MR) is 96.3 cm³/mol. The smallest absolute Gasteiger partial charge is 0.262 e. The number of carbonyl (C=O) groups is 1. The molecular weight excluding hydrogens is 340 g/mol. The summed E-state index contributed by atoms with van der Waals surface area (Å²) in [6, 6.07) is 5.31. The highest BCUT2D eigenvalue weighted by atomic mass is 35.5. The first-order valence-electron chi connectivity index (χ1n) is 7.95. The number of carbonyl (C=O) groups excluding carboxylic acids is 1. The Bertz CT molecular complexity index is 753. The lowest BCUT2D eigenvalue weighted by Gasteiger charge is -2.13. The summed E-state index contributed by atoms with van der Waals surface area (Å²) in [5, 5.41) is 12.5. The molecule has 0 aliphatic heterocycles. The van der Waals surface area contributed by atoms with Crippen molar-refractivity contribution in [3.63, 3.8) is 0 Å². The molecule has 130 valence electrons. The number of nitriles is 1. The normalized spacial score (nSPS) is 14.5. The van der Waals surface area contributed by atoms with E-state index >= 15 is 0 Å². The lowest BCUT2D eigenvalue weighted by Crippen LogP contribution is -2.33. The highest BCUT2D eigenvalue weighted by molar-refractivity contribution is 6.32. The van der Waals surface area contributed by atoms with Gasteiger partial charge in [-0.15, -0.1) is 6.42 Å². The van der Waals surface area contributed by atoms with Gasteiger partial charge >= 0.3 is 0 Å². The molecule has 2 rings (SSSR count). The number of hydrogen-bond donors (Lipinski definition) is 1. The van der Waals surface area contributed by atoms with Crippen LogP contribution in [-0.4, -0.2) is 25.7 Å². The molecule has 1 saturated carbocycles. The van der Waals surface area contributed by atoms with Crippen molar-refractivity contribution in [2.24, 2.45) is 0 Å². The second-order valence-electron chi connectivity index (χ2n) is 5.65. The third-order valence-electron chi connectivity index (χ3n) is 3.92. The van der Waals surface area contributed by atoms with Gasteiger partial charge in [0.1, 0.15) is 18.2 Å². The topological polar surface area (TPSA) is 71.3 Å². The number of terminal acetylenes is 1. The zero-order chi connectivity index (χ0) is 18.2. The van der Waals surface area contributed by atoms with E-state index in [0.29, 0.717) is 17.1 Å². The number of hydrogen-bond acceptors (Lipinski definition) is 4. The highest BCUT2D eigenvalue weighted by Crippen LogP contribution is 2.37. The van der Waals surface area contributed by atoms with Crippen molar-refractivity contribution in [1.29, 1.82) is 5.26 Å². The van der Waals surface area contributed by atoms with Gasteiger partial charge in [0.15, 0.2) is 11.5 Å². The third kappa shape index (κ3) is 4.92. The van der Waals surface area contributed by atoms with Gasteiger partial charge < -0.3 is 14.8 Å². The van der Waals surface area contributed by atoms with E-state index in [1.165, 1.54) is 13.2 Å². The zero-order valence-electron chi connectivity index (χ0n) is 14.0. The Balaban J connectivity index is 2.24. The summed E-state index contributed by atoms with van der Waals surface area (Å²) in [6.07, 6.45) is 10.8. The van der Waals surface area contributed by atoms with Crippen molar-refractivity contribution in [3.05, 3.63) is 28.3 Å². The molecule has 0 unspecified atom stereocenters. The lowest BCUT2D eigenvalue weighted by molar-refractivity contribution is -0.117. The van der Waals surface area contributed by atoms with Crippen molar-refractivity contribution in [2.45, 2.75) is 31.7 Å². The minimum atomic E-state index is -0.378. The van der Waals surface area contributed by atoms with E-state index < -0.39 is 0 Å². The second kappa shape index (κ2) is 9.01. The summed E-state index contributed by atoms with van der Waals surface area (Å²) in [7, 11) is 1.47. The molecule has 1 N–H and O–H groups in total. The number of halogens is 1. The average Bonchev–Trinajstić information content (AvgIpc) is 3.11. The molecule has 1 aliphatic carbocycles. The minimum Gasteiger partial charge on any atom is -0.493 e. The minimum absolute atomic E-state index is 0.0160. The molecule has 0 saturated heterocycles. The van der Waals surface area contributed by atoms with Gasteiger partial charge in [0.2, 0.25) is 0 Å². The van der Waals surface area contributed by atoms with E-state index in [-0.39, 0.29) is 29.2 Å². The van der Waals surface area contributed by atoms with Crippen LogP contribution < -0.4 is 14.8 Å². The Labute approximate surface area is 152 Å². The standard InChI is InChI=1S/C19H19ClN2O3/c1-3-8-25-18-16(20)10-13(11-17(18)24-2)9-14(12-21)19(23)22-15-6-4-5-7-15/h1,9-11,15H,4-8H2,2H3,(H,22,23)/b14-9-. The van der Waals surface area contributed by atoms with Crippen molar-refractivity contribution < 1.29 is 14.3 Å². The number of nitrogens with zero attached hydrogens (tertiary/aromatic N) is 1. The monoisotopic (exact) mass is 358 g/mol. The third-order valence-corrected chi connectivity index (χ3v) is 4.20. The van der Waals surface area contributed by atoms with E-state index in [9.17, 15) is 10.1 Å². The Morgan fingerprint density at radius 3 is 2.80 bits per heavy atom. The summed E-state index contributed by atoms with van der Waals surface area (Å²) >= 11 is 6.21. The molecule has 0 aromatic heterocycles. The molecule has 0 spiro atoms. The molecule has 0 radical (unpaired) electrons. The van der Waals surface area contributed by atoms with Crippen LogP contribution in [0.25, 0.3) is 6.08 Å². The molecule has 0 atom stereocenters. The zero-order valence-corrected chi connectivity index (χ0v) is 14.7. The maximum Gasteiger partial charge on any atom is 0.262 e. The number of benzene rings is 1. The first-order valence-corrected chi connectivity index (χ1v) is 8.33. The van der Waals surface area contributed by atoms with Crippen LogP contribution in [0.4, 0.5) is 0 Å². The molecular formula is C19H19ClN2O3. The Hall–Kier alpha value is -2.63. The van der Waals surface area contributed by atoms with Crippen LogP contribution in [0.1, 0.15) is 31.2 Å². The van der Waals surface area contributed by atoms with Gasteiger partial charge in [-0.25, -0.2) is 0 Å². The number of methoxy groups -OCH3 is 1. The lowest BCUT2D eigenvalue weighted by atomic mass is 10.1. The maximum absolute atomic E-state index is 12.3. The van der Waals surface area contributed by atoms with E-state index in [1.54, 1.807) is 12.1 Å². The van der Waals surface area contributed by atoms with Crippen LogP contribution in [0.5, 0.6) is 11.5 Å². The first kappa shape index (κ1) is 18.7. The fourth-order valence-electron chi connectivity index (χ4n) is 2.73. The van der Waals surface area contributed by atoms with Gasteiger partial charge in [0, 0.05) is 6.04 Å². The van der Waals surface area contributed by atoms with Gasteiger partial charge in [0.25, 0.3) is 5.91 Å². The van der Waals surface area contributed by atoms with Gasteiger partial charge in [-0.3, -0.25) is 4.79 Å². The molecule has 5 nitrogen and oxygen atoms in total. The quantitative estimate of drug-likeness (QED) is 0.481. The molecule has 6 heteroatoms. The van der Waals surface area contributed by atoms with Crippen LogP contribution in [0, 0.1) is 23.7 Å². The molecule has 1 aromatic rings. The molecule has 1 aliphatic rings. The van der Waals surface area contributed by atoms with Crippen molar-refractivity contribution in [3.8, 4) is 29.9 Å². The van der Waals surface area contributed by atoms with Crippen LogP contribution in [0.3, 0.4) is 0 Å². The van der Waals surface area contributed by atoms with Gasteiger partial charge in [-0.2, -0.15) is 5.26 Å². The van der Waals surface area contributed by atoms with Gasteiger partial charge in [-0.05, 0) is 36.6 Å². The number of amides is 1. The highest BCUT2D eigenvalue weighted by Gasteiger charge is 2.19. The average molecular weight is 359 g/mol.